The van der Waals surface area contributed by atoms with E-state index in [1.54, 1.807) is 6.92 Å². The van der Waals surface area contributed by atoms with E-state index in [4.69, 9.17) is 0 Å². The van der Waals surface area contributed by atoms with E-state index in [9.17, 15) is 9.59 Å². The second-order valence-corrected chi connectivity index (χ2v) is 8.66. The number of aromatic nitrogens is 3. The van der Waals surface area contributed by atoms with E-state index in [2.05, 4.69) is 58.5 Å². The lowest BCUT2D eigenvalue weighted by atomic mass is 10.1. The van der Waals surface area contributed by atoms with E-state index in [1.165, 1.54) is 17.4 Å². The average Bonchev–Trinajstić information content (AvgIpc) is 3.14. The molecule has 0 spiro atoms. The van der Waals surface area contributed by atoms with Gasteiger partial charge in [-0.25, -0.2) is 0 Å². The fourth-order valence-electron chi connectivity index (χ4n) is 3.84. The number of rotatable bonds is 8. The molecule has 168 valence electrons. The second-order valence-electron chi connectivity index (χ2n) is 7.72. The van der Waals surface area contributed by atoms with Gasteiger partial charge in [-0.3, -0.25) is 9.59 Å². The van der Waals surface area contributed by atoms with Crippen molar-refractivity contribution in [2.24, 2.45) is 7.05 Å². The summed E-state index contributed by atoms with van der Waals surface area (Å²) in [6.45, 7) is 9.23. The van der Waals surface area contributed by atoms with Crippen molar-refractivity contribution < 1.29 is 9.59 Å². The number of carbonyl (C=O) groups excluding carboxylic acids is 2. The van der Waals surface area contributed by atoms with Gasteiger partial charge in [-0.05, 0) is 51.0 Å². The minimum atomic E-state index is -0.0144. The zero-order valence-corrected chi connectivity index (χ0v) is 19.6. The summed E-state index contributed by atoms with van der Waals surface area (Å²) in [5.74, 6) is 1.16. The first-order chi connectivity index (χ1) is 14.9. The molecule has 0 bridgehead atoms. The van der Waals surface area contributed by atoms with Crippen molar-refractivity contribution >= 4 is 29.3 Å². The number of thioether (sulfide) groups is 1. The number of likely N-dealkylation sites (tertiary alicyclic amines) is 1. The molecule has 1 fully saturated rings. The summed E-state index contributed by atoms with van der Waals surface area (Å²) in [6.07, 6.45) is 1.60. The zero-order valence-electron chi connectivity index (χ0n) is 18.8. The van der Waals surface area contributed by atoms with E-state index < -0.39 is 0 Å². The predicted octanol–water partition coefficient (Wildman–Crippen LogP) is 2.55. The summed E-state index contributed by atoms with van der Waals surface area (Å²) < 4.78 is 1.93. The molecule has 1 N–H and O–H groups in total. The first-order valence-corrected chi connectivity index (χ1v) is 11.8. The summed E-state index contributed by atoms with van der Waals surface area (Å²) in [5, 5.41) is 12.4. The molecular formula is C22H32N6O2S. The molecule has 31 heavy (non-hydrogen) atoms. The SMILES string of the molecule is CCN(CC)c1ccc(-c2nnc(SCC(=O)NC3CCN(C(C)=O)CC3)n2C)cc1. The molecule has 0 atom stereocenters. The first-order valence-electron chi connectivity index (χ1n) is 10.8. The lowest BCUT2D eigenvalue weighted by Gasteiger charge is -2.31. The van der Waals surface area contributed by atoms with Crippen molar-refractivity contribution in [3.8, 4) is 11.4 Å². The Hall–Kier alpha value is -2.55. The van der Waals surface area contributed by atoms with Gasteiger partial charge in [0.15, 0.2) is 11.0 Å². The van der Waals surface area contributed by atoms with Gasteiger partial charge in [0.25, 0.3) is 0 Å². The molecule has 3 rings (SSSR count). The van der Waals surface area contributed by atoms with Gasteiger partial charge in [-0.15, -0.1) is 10.2 Å². The highest BCUT2D eigenvalue weighted by Gasteiger charge is 2.22. The molecule has 8 nitrogen and oxygen atoms in total. The summed E-state index contributed by atoms with van der Waals surface area (Å²) in [4.78, 5) is 27.9. The summed E-state index contributed by atoms with van der Waals surface area (Å²) >= 11 is 1.38. The predicted molar refractivity (Wildman–Crippen MR) is 124 cm³/mol. The molecule has 2 aromatic rings. The summed E-state index contributed by atoms with van der Waals surface area (Å²) in [6, 6.07) is 8.46. The van der Waals surface area contributed by atoms with Crippen LogP contribution in [0.2, 0.25) is 0 Å². The van der Waals surface area contributed by atoms with Crippen LogP contribution in [-0.2, 0) is 16.6 Å². The Morgan fingerprint density at radius 1 is 1.13 bits per heavy atom. The monoisotopic (exact) mass is 444 g/mol. The Morgan fingerprint density at radius 2 is 1.77 bits per heavy atom. The maximum absolute atomic E-state index is 12.4. The topological polar surface area (TPSA) is 83.4 Å². The minimum Gasteiger partial charge on any atom is -0.372 e. The summed E-state index contributed by atoms with van der Waals surface area (Å²) in [7, 11) is 1.92. The Morgan fingerprint density at radius 3 is 2.35 bits per heavy atom. The minimum absolute atomic E-state index is 0.0144. The number of carbonyl (C=O) groups is 2. The van der Waals surface area contributed by atoms with Crippen molar-refractivity contribution in [1.82, 2.24) is 25.0 Å². The van der Waals surface area contributed by atoms with Crippen LogP contribution in [-0.4, -0.2) is 69.5 Å². The Bertz CT molecular complexity index is 886. The van der Waals surface area contributed by atoms with Crippen LogP contribution in [0.1, 0.15) is 33.6 Å². The van der Waals surface area contributed by atoms with Crippen molar-refractivity contribution in [3.63, 3.8) is 0 Å². The van der Waals surface area contributed by atoms with Gasteiger partial charge in [0.05, 0.1) is 5.75 Å². The third kappa shape index (κ3) is 5.78. The number of anilines is 1. The van der Waals surface area contributed by atoms with Crippen LogP contribution in [0.25, 0.3) is 11.4 Å². The van der Waals surface area contributed by atoms with Gasteiger partial charge in [0.2, 0.25) is 11.8 Å². The Labute approximate surface area is 188 Å². The largest absolute Gasteiger partial charge is 0.372 e. The van der Waals surface area contributed by atoms with Crippen molar-refractivity contribution in [2.45, 2.75) is 44.8 Å². The highest BCUT2D eigenvalue weighted by molar-refractivity contribution is 7.99. The van der Waals surface area contributed by atoms with Gasteiger partial charge in [0.1, 0.15) is 0 Å². The smallest absolute Gasteiger partial charge is 0.230 e. The van der Waals surface area contributed by atoms with E-state index >= 15 is 0 Å². The molecule has 0 radical (unpaired) electrons. The molecule has 1 aliphatic heterocycles. The molecule has 0 saturated carbocycles. The van der Waals surface area contributed by atoms with E-state index in [1.807, 2.05) is 16.5 Å². The molecule has 1 aromatic heterocycles. The summed E-state index contributed by atoms with van der Waals surface area (Å²) in [5.41, 5.74) is 2.19. The van der Waals surface area contributed by atoms with E-state index in [-0.39, 0.29) is 17.9 Å². The Kier molecular flexibility index (Phi) is 7.95. The van der Waals surface area contributed by atoms with Gasteiger partial charge >= 0.3 is 0 Å². The molecular weight excluding hydrogens is 412 g/mol. The first kappa shape index (κ1) is 23.1. The Balaban J connectivity index is 1.53. The van der Waals surface area contributed by atoms with Crippen molar-refractivity contribution in [1.29, 1.82) is 0 Å². The fourth-order valence-corrected chi connectivity index (χ4v) is 4.56. The molecule has 9 heteroatoms. The average molecular weight is 445 g/mol. The van der Waals surface area contributed by atoms with Crippen molar-refractivity contribution in [2.75, 3.05) is 36.8 Å². The van der Waals surface area contributed by atoms with Crippen LogP contribution in [0.3, 0.4) is 0 Å². The van der Waals surface area contributed by atoms with Gasteiger partial charge in [0, 0.05) is 57.4 Å². The van der Waals surface area contributed by atoms with Crippen LogP contribution >= 0.6 is 11.8 Å². The van der Waals surface area contributed by atoms with Gasteiger partial charge in [-0.2, -0.15) is 0 Å². The number of piperidine rings is 1. The number of amides is 2. The standard InChI is InChI=1S/C22H32N6O2S/c1-5-27(6-2)19-9-7-17(8-10-19)21-24-25-22(26(21)4)31-15-20(30)23-18-11-13-28(14-12-18)16(3)29/h7-10,18H,5-6,11-15H2,1-4H3,(H,23,30). The van der Waals surface area contributed by atoms with E-state index in [0.29, 0.717) is 24.0 Å². The highest BCUT2D eigenvalue weighted by atomic mass is 32.2. The lowest BCUT2D eigenvalue weighted by Crippen LogP contribution is -2.46. The molecule has 1 aromatic carbocycles. The molecule has 0 aliphatic carbocycles. The van der Waals surface area contributed by atoms with Crippen LogP contribution in [0, 0.1) is 0 Å². The molecule has 2 heterocycles. The lowest BCUT2D eigenvalue weighted by molar-refractivity contribution is -0.130. The maximum Gasteiger partial charge on any atom is 0.230 e. The van der Waals surface area contributed by atoms with Gasteiger partial charge in [-0.1, -0.05) is 11.8 Å². The maximum atomic E-state index is 12.4. The van der Waals surface area contributed by atoms with Gasteiger partial charge < -0.3 is 19.7 Å². The number of hydrogen-bond acceptors (Lipinski definition) is 6. The normalized spacial score (nSPS) is 14.5. The molecule has 1 saturated heterocycles. The number of hydrogen-bond donors (Lipinski definition) is 1. The van der Waals surface area contributed by atoms with Crippen molar-refractivity contribution in [3.05, 3.63) is 24.3 Å². The zero-order chi connectivity index (χ0) is 22.4. The van der Waals surface area contributed by atoms with Crippen LogP contribution in [0.4, 0.5) is 5.69 Å². The third-order valence-corrected chi connectivity index (χ3v) is 6.75. The second kappa shape index (κ2) is 10.7. The molecule has 1 aliphatic rings. The van der Waals surface area contributed by atoms with Crippen LogP contribution < -0.4 is 10.2 Å². The highest BCUT2D eigenvalue weighted by Crippen LogP contribution is 2.25. The van der Waals surface area contributed by atoms with Crippen LogP contribution in [0.15, 0.2) is 29.4 Å². The molecule has 2 amide bonds. The fraction of sp³-hybridized carbons (Fsp3) is 0.545. The number of benzene rings is 1. The number of nitrogens with one attached hydrogen (secondary N) is 1. The van der Waals surface area contributed by atoms with Crippen LogP contribution in [0.5, 0.6) is 0 Å². The number of nitrogens with zero attached hydrogens (tertiary/aromatic N) is 5. The molecule has 0 unspecified atom stereocenters. The quantitative estimate of drug-likeness (QED) is 0.630. The van der Waals surface area contributed by atoms with E-state index in [0.717, 1.165) is 37.3 Å². The third-order valence-electron chi connectivity index (χ3n) is 5.73.